The van der Waals surface area contributed by atoms with E-state index in [1.165, 1.54) is 57.1 Å². The van der Waals surface area contributed by atoms with Gasteiger partial charge in [-0.25, -0.2) is 0 Å². The Bertz CT molecular complexity index is 307. The fourth-order valence-electron chi connectivity index (χ4n) is 2.71. The van der Waals surface area contributed by atoms with Crippen molar-refractivity contribution < 1.29 is 0 Å². The Morgan fingerprint density at radius 1 is 1.16 bits per heavy atom. The maximum Gasteiger partial charge on any atom is 0.000782 e. The van der Waals surface area contributed by atoms with Gasteiger partial charge in [-0.2, -0.15) is 11.3 Å². The highest BCUT2D eigenvalue weighted by Gasteiger charge is 2.26. The number of rotatable bonds is 11. The molecule has 1 rings (SSSR count). The molecule has 1 N–H and O–H groups in total. The molecule has 1 atom stereocenters. The van der Waals surface area contributed by atoms with Crippen molar-refractivity contribution in [2.75, 3.05) is 13.1 Å². The van der Waals surface area contributed by atoms with Gasteiger partial charge in [0, 0.05) is 6.54 Å². The lowest BCUT2D eigenvalue weighted by Crippen LogP contribution is -2.35. The zero-order chi connectivity index (χ0) is 14.0. The SMILES string of the molecule is CCCCC(CC)(CCc1ccsc1)CNCCC. The first kappa shape index (κ1) is 16.7. The fraction of sp³-hybridized carbons (Fsp3) is 0.765. The summed E-state index contributed by atoms with van der Waals surface area (Å²) in [6.45, 7) is 9.28. The Hall–Kier alpha value is -0.340. The summed E-state index contributed by atoms with van der Waals surface area (Å²) in [5.74, 6) is 0. The van der Waals surface area contributed by atoms with Crippen molar-refractivity contribution in [1.29, 1.82) is 0 Å². The molecule has 0 amide bonds. The predicted octanol–water partition coefficient (Wildman–Crippen LogP) is 5.27. The van der Waals surface area contributed by atoms with Gasteiger partial charge in [0.15, 0.2) is 0 Å². The van der Waals surface area contributed by atoms with E-state index >= 15 is 0 Å². The molecule has 0 radical (unpaired) electrons. The molecule has 0 aliphatic rings. The second-order valence-corrected chi connectivity index (χ2v) is 6.55. The molecule has 0 saturated heterocycles. The van der Waals surface area contributed by atoms with Crippen LogP contribution in [-0.2, 0) is 6.42 Å². The molecule has 1 heterocycles. The van der Waals surface area contributed by atoms with Crippen LogP contribution in [0.4, 0.5) is 0 Å². The molecule has 19 heavy (non-hydrogen) atoms. The minimum Gasteiger partial charge on any atom is -0.316 e. The lowest BCUT2D eigenvalue weighted by molar-refractivity contribution is 0.212. The van der Waals surface area contributed by atoms with Crippen molar-refractivity contribution in [2.45, 2.75) is 65.7 Å². The van der Waals surface area contributed by atoms with Gasteiger partial charge in [-0.3, -0.25) is 0 Å². The monoisotopic (exact) mass is 281 g/mol. The van der Waals surface area contributed by atoms with Crippen molar-refractivity contribution in [3.8, 4) is 0 Å². The third-order valence-corrected chi connectivity index (χ3v) is 4.99. The number of hydrogen-bond acceptors (Lipinski definition) is 2. The third-order valence-electron chi connectivity index (χ3n) is 4.26. The molecular formula is C17H31NS. The van der Waals surface area contributed by atoms with Gasteiger partial charge in [0.05, 0.1) is 0 Å². The molecule has 1 nitrogen and oxygen atoms in total. The first-order chi connectivity index (χ1) is 9.26. The van der Waals surface area contributed by atoms with Gasteiger partial charge in [-0.05, 0) is 66.5 Å². The highest BCUT2D eigenvalue weighted by Crippen LogP contribution is 2.34. The van der Waals surface area contributed by atoms with Crippen molar-refractivity contribution in [2.24, 2.45) is 5.41 Å². The van der Waals surface area contributed by atoms with Crippen LogP contribution in [0.15, 0.2) is 16.8 Å². The van der Waals surface area contributed by atoms with E-state index in [9.17, 15) is 0 Å². The Morgan fingerprint density at radius 3 is 2.58 bits per heavy atom. The number of unbranched alkanes of at least 4 members (excludes halogenated alkanes) is 1. The van der Waals surface area contributed by atoms with Gasteiger partial charge in [-0.15, -0.1) is 0 Å². The first-order valence-corrected chi connectivity index (χ1v) is 8.92. The molecule has 2 heteroatoms. The lowest BCUT2D eigenvalue weighted by atomic mass is 9.75. The second-order valence-electron chi connectivity index (χ2n) is 5.77. The van der Waals surface area contributed by atoms with Gasteiger partial charge in [0.2, 0.25) is 0 Å². The van der Waals surface area contributed by atoms with E-state index in [1.54, 1.807) is 0 Å². The summed E-state index contributed by atoms with van der Waals surface area (Å²) in [6.07, 6.45) is 9.16. The minimum atomic E-state index is 0.507. The van der Waals surface area contributed by atoms with Crippen LogP contribution in [0.1, 0.15) is 64.9 Å². The molecule has 0 bridgehead atoms. The summed E-state index contributed by atoms with van der Waals surface area (Å²) in [6, 6.07) is 2.28. The summed E-state index contributed by atoms with van der Waals surface area (Å²) >= 11 is 1.82. The van der Waals surface area contributed by atoms with Crippen molar-refractivity contribution in [3.63, 3.8) is 0 Å². The van der Waals surface area contributed by atoms with Crippen LogP contribution >= 0.6 is 11.3 Å². The fourth-order valence-corrected chi connectivity index (χ4v) is 3.41. The van der Waals surface area contributed by atoms with Gasteiger partial charge in [0.1, 0.15) is 0 Å². The molecule has 1 aromatic heterocycles. The molecule has 1 aromatic rings. The number of aryl methyl sites for hydroxylation is 1. The van der Waals surface area contributed by atoms with Crippen molar-refractivity contribution in [1.82, 2.24) is 5.32 Å². The van der Waals surface area contributed by atoms with E-state index in [1.807, 2.05) is 11.3 Å². The summed E-state index contributed by atoms with van der Waals surface area (Å²) in [5, 5.41) is 8.17. The van der Waals surface area contributed by atoms with Gasteiger partial charge < -0.3 is 5.32 Å². The summed E-state index contributed by atoms with van der Waals surface area (Å²) in [4.78, 5) is 0. The summed E-state index contributed by atoms with van der Waals surface area (Å²) in [5.41, 5.74) is 2.03. The quantitative estimate of drug-likeness (QED) is 0.545. The zero-order valence-corrected chi connectivity index (χ0v) is 13.8. The standard InChI is InChI=1S/C17H31NS/c1-4-7-10-17(6-3,15-18-12-5-2)11-8-16-9-13-19-14-16/h9,13-14,18H,4-8,10-12,15H2,1-3H3. The van der Waals surface area contributed by atoms with Gasteiger partial charge >= 0.3 is 0 Å². The predicted molar refractivity (Wildman–Crippen MR) is 88.0 cm³/mol. The lowest BCUT2D eigenvalue weighted by Gasteiger charge is -2.33. The average Bonchev–Trinajstić information content (AvgIpc) is 2.95. The van der Waals surface area contributed by atoms with Gasteiger partial charge in [-0.1, -0.05) is 33.6 Å². The largest absolute Gasteiger partial charge is 0.316 e. The highest BCUT2D eigenvalue weighted by molar-refractivity contribution is 7.07. The van der Waals surface area contributed by atoms with Crippen LogP contribution in [0.25, 0.3) is 0 Å². The smallest absolute Gasteiger partial charge is 0.000782 e. The second kappa shape index (κ2) is 9.55. The Kier molecular flexibility index (Phi) is 8.40. The first-order valence-electron chi connectivity index (χ1n) is 7.98. The van der Waals surface area contributed by atoms with Crippen LogP contribution < -0.4 is 5.32 Å². The molecular weight excluding hydrogens is 250 g/mol. The Labute approximate surface area is 123 Å². The molecule has 0 aliphatic carbocycles. The highest BCUT2D eigenvalue weighted by atomic mass is 32.1. The molecule has 0 fully saturated rings. The topological polar surface area (TPSA) is 12.0 Å². The van der Waals surface area contributed by atoms with Gasteiger partial charge in [0.25, 0.3) is 0 Å². The molecule has 110 valence electrons. The average molecular weight is 282 g/mol. The molecule has 0 aliphatic heterocycles. The zero-order valence-electron chi connectivity index (χ0n) is 13.0. The molecule has 0 saturated carbocycles. The summed E-state index contributed by atoms with van der Waals surface area (Å²) in [7, 11) is 0. The van der Waals surface area contributed by atoms with E-state index in [2.05, 4.69) is 42.9 Å². The van der Waals surface area contributed by atoms with Crippen LogP contribution in [0, 0.1) is 5.41 Å². The van der Waals surface area contributed by atoms with Crippen LogP contribution in [0.2, 0.25) is 0 Å². The van der Waals surface area contributed by atoms with E-state index in [0.717, 1.165) is 6.54 Å². The molecule has 1 unspecified atom stereocenters. The van der Waals surface area contributed by atoms with Crippen LogP contribution in [-0.4, -0.2) is 13.1 Å². The number of nitrogens with one attached hydrogen (secondary N) is 1. The normalized spacial score (nSPS) is 14.5. The molecule has 0 spiro atoms. The Morgan fingerprint density at radius 2 is 2.00 bits per heavy atom. The van der Waals surface area contributed by atoms with Crippen LogP contribution in [0.5, 0.6) is 0 Å². The maximum atomic E-state index is 3.67. The molecule has 0 aromatic carbocycles. The van der Waals surface area contributed by atoms with E-state index < -0.39 is 0 Å². The van der Waals surface area contributed by atoms with Crippen LogP contribution in [0.3, 0.4) is 0 Å². The maximum absolute atomic E-state index is 3.67. The number of thiophene rings is 1. The van der Waals surface area contributed by atoms with E-state index in [0.29, 0.717) is 5.41 Å². The third kappa shape index (κ3) is 6.09. The van der Waals surface area contributed by atoms with Crippen molar-refractivity contribution >= 4 is 11.3 Å². The van der Waals surface area contributed by atoms with Crippen molar-refractivity contribution in [3.05, 3.63) is 22.4 Å². The number of hydrogen-bond donors (Lipinski definition) is 1. The van der Waals surface area contributed by atoms with E-state index in [4.69, 9.17) is 0 Å². The Balaban J connectivity index is 2.54. The summed E-state index contributed by atoms with van der Waals surface area (Å²) < 4.78 is 0. The van der Waals surface area contributed by atoms with E-state index in [-0.39, 0.29) is 0 Å². The minimum absolute atomic E-state index is 0.507.